The molecule has 0 heterocycles. The molecule has 2 aromatic carbocycles. The van der Waals surface area contributed by atoms with E-state index in [-0.39, 0.29) is 0 Å². The van der Waals surface area contributed by atoms with Gasteiger partial charge >= 0.3 is 0 Å². The number of nitrogen functional groups attached to an aromatic ring is 2. The minimum Gasteiger partial charge on any atom is -0.399 e. The number of ether oxygens (including phenoxy) is 2. The molecule has 0 saturated carbocycles. The van der Waals surface area contributed by atoms with Gasteiger partial charge in [-0.25, -0.2) is 0 Å². The lowest BCUT2D eigenvalue weighted by atomic mass is 10.1. The van der Waals surface area contributed by atoms with E-state index < -0.39 is 0 Å². The highest BCUT2D eigenvalue weighted by Crippen LogP contribution is 2.28. The standard InChI is InChI=1S/C18H24N4O2/c1-3-23-11-13-5-6-16(20)10-18(13)22-21-17-8-7-15(19)9-14(17)12-24-4-2/h5-10H,3-4,11-12,19-20H2,1-2H3. The minimum atomic E-state index is 0.443. The largest absolute Gasteiger partial charge is 0.399 e. The molecular formula is C18H24N4O2. The van der Waals surface area contributed by atoms with Crippen LogP contribution in [0.15, 0.2) is 46.6 Å². The summed E-state index contributed by atoms with van der Waals surface area (Å²) >= 11 is 0. The van der Waals surface area contributed by atoms with Crippen molar-refractivity contribution in [3.05, 3.63) is 47.5 Å². The highest BCUT2D eigenvalue weighted by Gasteiger charge is 2.05. The van der Waals surface area contributed by atoms with Gasteiger partial charge in [-0.3, -0.25) is 0 Å². The topological polar surface area (TPSA) is 95.2 Å². The predicted molar refractivity (Wildman–Crippen MR) is 96.5 cm³/mol. The predicted octanol–water partition coefficient (Wildman–Crippen LogP) is 4.34. The van der Waals surface area contributed by atoms with Crippen molar-refractivity contribution in [2.45, 2.75) is 27.1 Å². The van der Waals surface area contributed by atoms with Gasteiger partial charge in [-0.1, -0.05) is 6.07 Å². The molecule has 0 fully saturated rings. The van der Waals surface area contributed by atoms with Gasteiger partial charge in [0.05, 0.1) is 24.6 Å². The molecule has 0 amide bonds. The quantitative estimate of drug-likeness (QED) is 0.556. The molecule has 0 aliphatic carbocycles. The summed E-state index contributed by atoms with van der Waals surface area (Å²) in [6.07, 6.45) is 0. The first-order valence-electron chi connectivity index (χ1n) is 7.98. The van der Waals surface area contributed by atoms with Gasteiger partial charge in [-0.05, 0) is 44.2 Å². The lowest BCUT2D eigenvalue weighted by Gasteiger charge is -2.08. The molecule has 0 aliphatic rings. The van der Waals surface area contributed by atoms with Crippen LogP contribution in [0.1, 0.15) is 25.0 Å². The van der Waals surface area contributed by atoms with Crippen molar-refractivity contribution in [2.24, 2.45) is 10.2 Å². The van der Waals surface area contributed by atoms with Crippen molar-refractivity contribution in [3.8, 4) is 0 Å². The molecule has 4 N–H and O–H groups in total. The molecule has 0 saturated heterocycles. The Labute approximate surface area is 142 Å². The number of rotatable bonds is 8. The molecule has 128 valence electrons. The number of nitrogens with two attached hydrogens (primary N) is 2. The summed E-state index contributed by atoms with van der Waals surface area (Å²) in [6.45, 7) is 6.07. The van der Waals surface area contributed by atoms with Gasteiger partial charge in [0.2, 0.25) is 0 Å². The van der Waals surface area contributed by atoms with Crippen LogP contribution in [0.2, 0.25) is 0 Å². The molecule has 0 bridgehead atoms. The number of hydrogen-bond donors (Lipinski definition) is 2. The van der Waals surface area contributed by atoms with E-state index in [0.717, 1.165) is 16.8 Å². The van der Waals surface area contributed by atoms with Crippen LogP contribution < -0.4 is 11.5 Å². The Bertz CT molecular complexity index is 701. The summed E-state index contributed by atoms with van der Waals surface area (Å²) in [5.41, 5.74) is 16.3. The van der Waals surface area contributed by atoms with E-state index in [1.807, 2.05) is 38.1 Å². The number of azo groups is 1. The van der Waals surface area contributed by atoms with Crippen LogP contribution in [0.25, 0.3) is 0 Å². The second-order valence-corrected chi connectivity index (χ2v) is 5.25. The third-order valence-electron chi connectivity index (χ3n) is 3.40. The summed E-state index contributed by atoms with van der Waals surface area (Å²) < 4.78 is 10.9. The second-order valence-electron chi connectivity index (χ2n) is 5.25. The van der Waals surface area contributed by atoms with Crippen LogP contribution >= 0.6 is 0 Å². The number of hydrogen-bond acceptors (Lipinski definition) is 6. The van der Waals surface area contributed by atoms with Crippen molar-refractivity contribution >= 4 is 22.7 Å². The molecule has 6 nitrogen and oxygen atoms in total. The van der Waals surface area contributed by atoms with Crippen LogP contribution in [0.5, 0.6) is 0 Å². The van der Waals surface area contributed by atoms with Gasteiger partial charge < -0.3 is 20.9 Å². The van der Waals surface area contributed by atoms with Crippen LogP contribution in [0.4, 0.5) is 22.7 Å². The first-order valence-corrected chi connectivity index (χ1v) is 7.98. The maximum atomic E-state index is 5.86. The fraction of sp³-hybridized carbons (Fsp3) is 0.333. The van der Waals surface area contributed by atoms with Crippen LogP contribution in [0, 0.1) is 0 Å². The summed E-state index contributed by atoms with van der Waals surface area (Å²) in [5.74, 6) is 0. The van der Waals surface area contributed by atoms with Crippen LogP contribution in [-0.4, -0.2) is 13.2 Å². The molecular weight excluding hydrogens is 304 g/mol. The Morgan fingerprint density at radius 1 is 0.750 bits per heavy atom. The Morgan fingerprint density at radius 2 is 1.33 bits per heavy atom. The average Bonchev–Trinajstić information content (AvgIpc) is 2.58. The smallest absolute Gasteiger partial charge is 0.0932 e. The van der Waals surface area contributed by atoms with Gasteiger partial charge in [0.15, 0.2) is 0 Å². The molecule has 0 atom stereocenters. The van der Waals surface area contributed by atoms with Crippen molar-refractivity contribution in [2.75, 3.05) is 24.7 Å². The van der Waals surface area contributed by atoms with Gasteiger partial charge in [-0.15, -0.1) is 0 Å². The molecule has 0 spiro atoms. The number of nitrogens with zero attached hydrogens (tertiary/aromatic N) is 2. The van der Waals surface area contributed by atoms with Crippen LogP contribution in [0.3, 0.4) is 0 Å². The first kappa shape index (κ1) is 17.9. The Morgan fingerprint density at radius 3 is 2.04 bits per heavy atom. The third-order valence-corrected chi connectivity index (χ3v) is 3.40. The molecule has 2 aromatic rings. The molecule has 0 unspecified atom stereocenters. The van der Waals surface area contributed by atoms with Crippen molar-refractivity contribution in [3.63, 3.8) is 0 Å². The first-order chi connectivity index (χ1) is 11.6. The monoisotopic (exact) mass is 328 g/mol. The fourth-order valence-corrected chi connectivity index (χ4v) is 2.15. The van der Waals surface area contributed by atoms with E-state index in [0.29, 0.717) is 43.5 Å². The van der Waals surface area contributed by atoms with Crippen molar-refractivity contribution < 1.29 is 9.47 Å². The summed E-state index contributed by atoms with van der Waals surface area (Å²) in [6, 6.07) is 11.0. The minimum absolute atomic E-state index is 0.443. The number of anilines is 2. The summed E-state index contributed by atoms with van der Waals surface area (Å²) in [4.78, 5) is 0. The Kier molecular flexibility index (Phi) is 6.72. The van der Waals surface area contributed by atoms with Crippen LogP contribution in [-0.2, 0) is 22.7 Å². The lowest BCUT2D eigenvalue weighted by Crippen LogP contribution is -1.95. The molecule has 0 aliphatic heterocycles. The average molecular weight is 328 g/mol. The fourth-order valence-electron chi connectivity index (χ4n) is 2.15. The SMILES string of the molecule is CCOCc1cc(N)ccc1N=Nc1cc(N)ccc1COCC. The Balaban J connectivity index is 2.28. The highest BCUT2D eigenvalue weighted by molar-refractivity contribution is 5.57. The van der Waals surface area contributed by atoms with E-state index in [4.69, 9.17) is 20.9 Å². The highest BCUT2D eigenvalue weighted by atomic mass is 16.5. The van der Waals surface area contributed by atoms with Gasteiger partial charge in [0, 0.05) is 35.7 Å². The van der Waals surface area contributed by atoms with E-state index in [1.54, 1.807) is 12.1 Å². The van der Waals surface area contributed by atoms with E-state index in [1.165, 1.54) is 0 Å². The van der Waals surface area contributed by atoms with Crippen molar-refractivity contribution in [1.29, 1.82) is 0 Å². The van der Waals surface area contributed by atoms with Crippen molar-refractivity contribution in [1.82, 2.24) is 0 Å². The normalized spacial score (nSPS) is 11.2. The molecule has 2 rings (SSSR count). The molecule has 0 radical (unpaired) electrons. The molecule has 0 aromatic heterocycles. The second kappa shape index (κ2) is 9.00. The lowest BCUT2D eigenvalue weighted by molar-refractivity contribution is 0.134. The number of benzene rings is 2. The zero-order chi connectivity index (χ0) is 17.4. The molecule has 24 heavy (non-hydrogen) atoms. The summed E-state index contributed by atoms with van der Waals surface area (Å²) in [5, 5.41) is 8.72. The Hall–Kier alpha value is -2.44. The maximum absolute atomic E-state index is 5.86. The third kappa shape index (κ3) is 5.04. The van der Waals surface area contributed by atoms with E-state index in [9.17, 15) is 0 Å². The van der Waals surface area contributed by atoms with Gasteiger partial charge in [0.1, 0.15) is 0 Å². The molecule has 6 heteroatoms. The zero-order valence-electron chi connectivity index (χ0n) is 14.2. The van der Waals surface area contributed by atoms with Gasteiger partial charge in [0.25, 0.3) is 0 Å². The van der Waals surface area contributed by atoms with E-state index in [2.05, 4.69) is 10.2 Å². The van der Waals surface area contributed by atoms with Gasteiger partial charge in [-0.2, -0.15) is 10.2 Å². The maximum Gasteiger partial charge on any atom is 0.0932 e. The van der Waals surface area contributed by atoms with E-state index >= 15 is 0 Å². The zero-order valence-corrected chi connectivity index (χ0v) is 14.2. The summed E-state index contributed by atoms with van der Waals surface area (Å²) in [7, 11) is 0.